The van der Waals surface area contributed by atoms with Crippen LogP contribution in [-0.4, -0.2) is 24.9 Å². The SMILES string of the molecule is O=C(Cc1cccc(F)c1)NCCNC(=O)c1ccoc1. The van der Waals surface area contributed by atoms with Crippen LogP contribution in [0.1, 0.15) is 15.9 Å². The molecule has 110 valence electrons. The third kappa shape index (κ3) is 4.76. The quantitative estimate of drug-likeness (QED) is 0.792. The van der Waals surface area contributed by atoms with E-state index in [4.69, 9.17) is 4.42 Å². The van der Waals surface area contributed by atoms with Crippen molar-refractivity contribution in [3.05, 3.63) is 59.8 Å². The highest BCUT2D eigenvalue weighted by Gasteiger charge is 2.06. The number of hydrogen-bond donors (Lipinski definition) is 2. The van der Waals surface area contributed by atoms with Gasteiger partial charge in [-0.25, -0.2) is 4.39 Å². The van der Waals surface area contributed by atoms with E-state index in [0.29, 0.717) is 24.2 Å². The maximum absolute atomic E-state index is 13.0. The van der Waals surface area contributed by atoms with Gasteiger partial charge in [-0.1, -0.05) is 12.1 Å². The average molecular weight is 290 g/mol. The Labute approximate surface area is 121 Å². The van der Waals surface area contributed by atoms with Crippen LogP contribution in [0.5, 0.6) is 0 Å². The summed E-state index contributed by atoms with van der Waals surface area (Å²) in [5.74, 6) is -0.853. The minimum Gasteiger partial charge on any atom is -0.472 e. The predicted octanol–water partition coefficient (Wildman–Crippen LogP) is 1.51. The molecule has 1 heterocycles. The Hall–Kier alpha value is -2.63. The van der Waals surface area contributed by atoms with E-state index in [-0.39, 0.29) is 24.1 Å². The molecule has 2 rings (SSSR count). The topological polar surface area (TPSA) is 71.3 Å². The lowest BCUT2D eigenvalue weighted by molar-refractivity contribution is -0.120. The molecule has 0 saturated carbocycles. The zero-order valence-electron chi connectivity index (χ0n) is 11.3. The molecule has 2 N–H and O–H groups in total. The third-order valence-electron chi connectivity index (χ3n) is 2.77. The molecule has 0 aliphatic heterocycles. The highest BCUT2D eigenvalue weighted by atomic mass is 19.1. The van der Waals surface area contributed by atoms with Crippen molar-refractivity contribution in [3.8, 4) is 0 Å². The van der Waals surface area contributed by atoms with Gasteiger partial charge in [0.2, 0.25) is 5.91 Å². The van der Waals surface area contributed by atoms with Gasteiger partial charge in [0.15, 0.2) is 0 Å². The van der Waals surface area contributed by atoms with Gasteiger partial charge >= 0.3 is 0 Å². The van der Waals surface area contributed by atoms with Gasteiger partial charge in [0.1, 0.15) is 12.1 Å². The highest BCUT2D eigenvalue weighted by Crippen LogP contribution is 2.04. The van der Waals surface area contributed by atoms with Crippen molar-refractivity contribution in [2.24, 2.45) is 0 Å². The first-order chi connectivity index (χ1) is 10.1. The van der Waals surface area contributed by atoms with Crippen molar-refractivity contribution < 1.29 is 18.4 Å². The summed E-state index contributed by atoms with van der Waals surface area (Å²) >= 11 is 0. The smallest absolute Gasteiger partial charge is 0.254 e. The fraction of sp³-hybridized carbons (Fsp3) is 0.200. The molecule has 21 heavy (non-hydrogen) atoms. The molecule has 0 atom stereocenters. The van der Waals surface area contributed by atoms with Gasteiger partial charge < -0.3 is 15.1 Å². The summed E-state index contributed by atoms with van der Waals surface area (Å²) in [7, 11) is 0. The first-order valence-electron chi connectivity index (χ1n) is 6.46. The zero-order valence-corrected chi connectivity index (χ0v) is 11.3. The van der Waals surface area contributed by atoms with Crippen molar-refractivity contribution >= 4 is 11.8 Å². The van der Waals surface area contributed by atoms with Crippen LogP contribution < -0.4 is 10.6 Å². The lowest BCUT2D eigenvalue weighted by Gasteiger charge is -2.06. The molecule has 0 aliphatic rings. The molecule has 1 aromatic carbocycles. The first kappa shape index (κ1) is 14.8. The summed E-state index contributed by atoms with van der Waals surface area (Å²) < 4.78 is 17.8. The van der Waals surface area contributed by atoms with Gasteiger partial charge in [-0.3, -0.25) is 9.59 Å². The molecule has 1 aromatic heterocycles. The number of rotatable bonds is 6. The van der Waals surface area contributed by atoms with Gasteiger partial charge in [0, 0.05) is 13.1 Å². The molecule has 0 aliphatic carbocycles. The van der Waals surface area contributed by atoms with E-state index >= 15 is 0 Å². The molecule has 2 amide bonds. The largest absolute Gasteiger partial charge is 0.472 e. The second-order valence-corrected chi connectivity index (χ2v) is 4.42. The van der Waals surface area contributed by atoms with Gasteiger partial charge in [-0.05, 0) is 23.8 Å². The average Bonchev–Trinajstić information content (AvgIpc) is 2.97. The third-order valence-corrected chi connectivity index (χ3v) is 2.77. The Balaban J connectivity index is 1.67. The molecule has 5 nitrogen and oxygen atoms in total. The van der Waals surface area contributed by atoms with Gasteiger partial charge in [0.25, 0.3) is 5.91 Å². The second-order valence-electron chi connectivity index (χ2n) is 4.42. The lowest BCUT2D eigenvalue weighted by atomic mass is 10.1. The molecule has 0 bridgehead atoms. The van der Waals surface area contributed by atoms with Gasteiger partial charge in [-0.2, -0.15) is 0 Å². The maximum atomic E-state index is 13.0. The zero-order chi connectivity index (χ0) is 15.1. The molecule has 0 radical (unpaired) electrons. The van der Waals surface area contributed by atoms with Crippen molar-refractivity contribution in [1.82, 2.24) is 10.6 Å². The van der Waals surface area contributed by atoms with E-state index in [1.54, 1.807) is 18.2 Å². The number of furan rings is 1. The van der Waals surface area contributed by atoms with E-state index in [0.717, 1.165) is 0 Å². The Morgan fingerprint density at radius 3 is 2.67 bits per heavy atom. The Bertz CT molecular complexity index is 611. The monoisotopic (exact) mass is 290 g/mol. The van der Waals surface area contributed by atoms with Crippen molar-refractivity contribution in [2.75, 3.05) is 13.1 Å². The summed E-state index contributed by atoms with van der Waals surface area (Å²) in [6.07, 6.45) is 2.86. The Morgan fingerprint density at radius 1 is 1.14 bits per heavy atom. The molecule has 0 unspecified atom stereocenters. The van der Waals surface area contributed by atoms with E-state index in [9.17, 15) is 14.0 Å². The lowest BCUT2D eigenvalue weighted by Crippen LogP contribution is -2.35. The van der Waals surface area contributed by atoms with Crippen LogP contribution in [0.15, 0.2) is 47.3 Å². The summed E-state index contributed by atoms with van der Waals surface area (Å²) in [5, 5.41) is 5.29. The van der Waals surface area contributed by atoms with E-state index < -0.39 is 0 Å². The fourth-order valence-electron chi connectivity index (χ4n) is 1.77. The molecule has 6 heteroatoms. The van der Waals surface area contributed by atoms with Crippen LogP contribution in [-0.2, 0) is 11.2 Å². The molecule has 0 spiro atoms. The van der Waals surface area contributed by atoms with Gasteiger partial charge in [-0.15, -0.1) is 0 Å². The van der Waals surface area contributed by atoms with Gasteiger partial charge in [0.05, 0.1) is 18.2 Å². The van der Waals surface area contributed by atoms with Crippen LogP contribution >= 0.6 is 0 Å². The Kier molecular flexibility index (Phi) is 5.09. The number of halogens is 1. The van der Waals surface area contributed by atoms with E-state index in [2.05, 4.69) is 10.6 Å². The molecule has 0 saturated heterocycles. The maximum Gasteiger partial charge on any atom is 0.254 e. The summed E-state index contributed by atoms with van der Waals surface area (Å²) in [4.78, 5) is 23.2. The van der Waals surface area contributed by atoms with E-state index in [1.807, 2.05) is 0 Å². The van der Waals surface area contributed by atoms with Crippen LogP contribution in [0.25, 0.3) is 0 Å². The minimum atomic E-state index is -0.368. The normalized spacial score (nSPS) is 10.1. The number of amides is 2. The standard InChI is InChI=1S/C15H15FN2O3/c16-13-3-1-2-11(8-13)9-14(19)17-5-6-18-15(20)12-4-7-21-10-12/h1-4,7-8,10H,5-6,9H2,(H,17,19)(H,18,20). The van der Waals surface area contributed by atoms with Crippen LogP contribution in [0.4, 0.5) is 4.39 Å². The van der Waals surface area contributed by atoms with Crippen LogP contribution in [0.3, 0.4) is 0 Å². The summed E-state index contributed by atoms with van der Waals surface area (Å²) in [5.41, 5.74) is 1.04. The number of benzene rings is 1. The van der Waals surface area contributed by atoms with Crippen LogP contribution in [0.2, 0.25) is 0 Å². The fourth-order valence-corrected chi connectivity index (χ4v) is 1.77. The number of carbonyl (C=O) groups excluding carboxylic acids is 2. The van der Waals surface area contributed by atoms with Crippen molar-refractivity contribution in [2.45, 2.75) is 6.42 Å². The second kappa shape index (κ2) is 7.23. The molecule has 2 aromatic rings. The molecular formula is C15H15FN2O3. The number of hydrogen-bond acceptors (Lipinski definition) is 3. The van der Waals surface area contributed by atoms with Crippen molar-refractivity contribution in [1.29, 1.82) is 0 Å². The molecule has 0 fully saturated rings. The number of carbonyl (C=O) groups is 2. The van der Waals surface area contributed by atoms with Crippen molar-refractivity contribution in [3.63, 3.8) is 0 Å². The summed E-state index contributed by atoms with van der Waals surface area (Å²) in [6, 6.07) is 7.44. The summed E-state index contributed by atoms with van der Waals surface area (Å²) in [6.45, 7) is 0.608. The first-order valence-corrected chi connectivity index (χ1v) is 6.46. The molecular weight excluding hydrogens is 275 g/mol. The Morgan fingerprint density at radius 2 is 1.95 bits per heavy atom. The predicted molar refractivity (Wildman–Crippen MR) is 74.2 cm³/mol. The number of nitrogens with one attached hydrogen (secondary N) is 2. The van der Waals surface area contributed by atoms with Crippen LogP contribution in [0, 0.1) is 5.82 Å². The van der Waals surface area contributed by atoms with E-state index in [1.165, 1.54) is 24.7 Å². The highest BCUT2D eigenvalue weighted by molar-refractivity contribution is 5.93. The minimum absolute atomic E-state index is 0.105.